The number of carbonyl (C=O) groups excluding carboxylic acids is 1. The van der Waals surface area contributed by atoms with Gasteiger partial charge in [-0.05, 0) is 44.4 Å². The van der Waals surface area contributed by atoms with Crippen molar-refractivity contribution in [2.45, 2.75) is 38.8 Å². The average molecular weight is 375 g/mol. The van der Waals surface area contributed by atoms with Crippen molar-refractivity contribution in [2.75, 3.05) is 7.11 Å². The number of amides is 1. The Hall–Kier alpha value is -3.08. The van der Waals surface area contributed by atoms with Gasteiger partial charge in [0.1, 0.15) is 5.75 Å². The van der Waals surface area contributed by atoms with Gasteiger partial charge in [-0.3, -0.25) is 9.48 Å². The van der Waals surface area contributed by atoms with Gasteiger partial charge in [0.05, 0.1) is 25.9 Å². The number of methoxy groups -OCH3 is 1. The van der Waals surface area contributed by atoms with Crippen LogP contribution in [0.1, 0.15) is 51.6 Å². The Morgan fingerprint density at radius 1 is 1.21 bits per heavy atom. The molecule has 0 aliphatic heterocycles. The molecule has 5 nitrogen and oxygen atoms in total. The number of carbonyl (C=O) groups is 1. The molecule has 0 saturated carbocycles. The highest BCUT2D eigenvalue weighted by atomic mass is 16.5. The second-order valence-corrected chi connectivity index (χ2v) is 7.30. The molecule has 0 unspecified atom stereocenters. The first-order chi connectivity index (χ1) is 13.7. The molecule has 1 aliphatic carbocycles. The minimum Gasteiger partial charge on any atom is -0.496 e. The summed E-state index contributed by atoms with van der Waals surface area (Å²) in [6.07, 6.45) is 4.85. The van der Waals surface area contributed by atoms with E-state index in [4.69, 9.17) is 4.74 Å². The Labute approximate surface area is 165 Å². The van der Waals surface area contributed by atoms with Crippen molar-refractivity contribution in [1.29, 1.82) is 0 Å². The summed E-state index contributed by atoms with van der Waals surface area (Å²) in [7, 11) is 1.69. The van der Waals surface area contributed by atoms with Gasteiger partial charge in [-0.25, -0.2) is 0 Å². The highest BCUT2D eigenvalue weighted by Gasteiger charge is 2.26. The molecule has 28 heavy (non-hydrogen) atoms. The second-order valence-electron chi connectivity index (χ2n) is 7.30. The van der Waals surface area contributed by atoms with Crippen molar-refractivity contribution in [3.63, 3.8) is 0 Å². The number of nitrogens with one attached hydrogen (secondary N) is 1. The third kappa shape index (κ3) is 3.65. The number of aryl methyl sites for hydroxylation is 1. The van der Waals surface area contributed by atoms with Crippen LogP contribution in [0.2, 0.25) is 0 Å². The molecule has 1 amide bonds. The van der Waals surface area contributed by atoms with Crippen molar-refractivity contribution in [1.82, 2.24) is 15.1 Å². The summed E-state index contributed by atoms with van der Waals surface area (Å²) in [6, 6.07) is 15.7. The lowest BCUT2D eigenvalue weighted by atomic mass is 9.92. The summed E-state index contributed by atoms with van der Waals surface area (Å²) < 4.78 is 7.51. The number of hydrogen-bond donors (Lipinski definition) is 1. The molecule has 144 valence electrons. The molecular weight excluding hydrogens is 350 g/mol. The summed E-state index contributed by atoms with van der Waals surface area (Å²) in [5, 5.41) is 7.81. The number of nitrogens with zero attached hydrogens (tertiary/aromatic N) is 2. The second kappa shape index (κ2) is 7.89. The molecule has 3 aromatic rings. The minimum absolute atomic E-state index is 0.00368. The summed E-state index contributed by atoms with van der Waals surface area (Å²) in [4.78, 5) is 12.7. The molecule has 1 heterocycles. The van der Waals surface area contributed by atoms with Gasteiger partial charge in [0, 0.05) is 22.4 Å². The molecule has 1 atom stereocenters. The SMILES string of the molecule is COc1ccccc1Cn1ncc2c1CCC[C@@H]2NC(=O)c1ccc(C)cc1. The Morgan fingerprint density at radius 2 is 2.00 bits per heavy atom. The predicted octanol–water partition coefficient (Wildman–Crippen LogP) is 4.06. The maximum Gasteiger partial charge on any atom is 0.251 e. The molecule has 0 bridgehead atoms. The number of rotatable bonds is 5. The van der Waals surface area contributed by atoms with Crippen LogP contribution in [-0.4, -0.2) is 22.8 Å². The standard InChI is InChI=1S/C23H25N3O2/c1-16-10-12-17(13-11-16)23(27)25-20-7-5-8-21-19(20)14-24-26(21)15-18-6-3-4-9-22(18)28-2/h3-4,6,9-14,20H,5,7-8,15H2,1-2H3,(H,25,27)/t20-/m0/s1. The van der Waals surface area contributed by atoms with E-state index in [-0.39, 0.29) is 11.9 Å². The number of ether oxygens (including phenoxy) is 1. The topological polar surface area (TPSA) is 56.1 Å². The number of benzene rings is 2. The maximum absolute atomic E-state index is 12.7. The molecule has 1 aromatic heterocycles. The minimum atomic E-state index is -0.0321. The van der Waals surface area contributed by atoms with Gasteiger partial charge >= 0.3 is 0 Å². The summed E-state index contributed by atoms with van der Waals surface area (Å²) in [5.41, 5.74) is 5.27. The largest absolute Gasteiger partial charge is 0.496 e. The van der Waals surface area contributed by atoms with Crippen LogP contribution in [0.5, 0.6) is 5.75 Å². The Balaban J connectivity index is 1.54. The molecule has 4 rings (SSSR count). The molecule has 0 spiro atoms. The average Bonchev–Trinajstić information content (AvgIpc) is 3.13. The van der Waals surface area contributed by atoms with E-state index in [0.29, 0.717) is 12.1 Å². The fraction of sp³-hybridized carbons (Fsp3) is 0.304. The molecule has 0 saturated heterocycles. The van der Waals surface area contributed by atoms with Gasteiger partial charge in [0.15, 0.2) is 0 Å². The zero-order chi connectivity index (χ0) is 19.5. The molecule has 1 N–H and O–H groups in total. The van der Waals surface area contributed by atoms with Crippen LogP contribution < -0.4 is 10.1 Å². The van der Waals surface area contributed by atoms with Gasteiger partial charge in [-0.15, -0.1) is 0 Å². The molecule has 1 aliphatic rings. The Kier molecular flexibility index (Phi) is 5.15. The van der Waals surface area contributed by atoms with E-state index in [9.17, 15) is 4.79 Å². The van der Waals surface area contributed by atoms with E-state index in [1.165, 1.54) is 5.69 Å². The smallest absolute Gasteiger partial charge is 0.251 e. The van der Waals surface area contributed by atoms with Crippen LogP contribution in [-0.2, 0) is 13.0 Å². The Morgan fingerprint density at radius 3 is 2.79 bits per heavy atom. The van der Waals surface area contributed by atoms with Crippen LogP contribution in [0.4, 0.5) is 0 Å². The van der Waals surface area contributed by atoms with Gasteiger partial charge in [0.2, 0.25) is 0 Å². The first kappa shape index (κ1) is 18.3. The lowest BCUT2D eigenvalue weighted by Crippen LogP contribution is -2.31. The summed E-state index contributed by atoms with van der Waals surface area (Å²) in [6.45, 7) is 2.68. The van der Waals surface area contributed by atoms with Gasteiger partial charge in [-0.1, -0.05) is 35.9 Å². The number of aromatic nitrogens is 2. The van der Waals surface area contributed by atoms with E-state index in [0.717, 1.165) is 41.7 Å². The highest BCUT2D eigenvalue weighted by Crippen LogP contribution is 2.31. The molecule has 0 fully saturated rings. The van der Waals surface area contributed by atoms with E-state index in [1.807, 2.05) is 60.3 Å². The number of hydrogen-bond acceptors (Lipinski definition) is 3. The predicted molar refractivity (Wildman–Crippen MR) is 109 cm³/mol. The van der Waals surface area contributed by atoms with Crippen LogP contribution in [0.15, 0.2) is 54.7 Å². The third-order valence-corrected chi connectivity index (χ3v) is 5.39. The monoisotopic (exact) mass is 375 g/mol. The quantitative estimate of drug-likeness (QED) is 0.732. The van der Waals surface area contributed by atoms with Crippen molar-refractivity contribution >= 4 is 5.91 Å². The van der Waals surface area contributed by atoms with Gasteiger partial charge in [0.25, 0.3) is 5.91 Å². The molecular formula is C23H25N3O2. The zero-order valence-corrected chi connectivity index (χ0v) is 16.3. The molecule has 0 radical (unpaired) electrons. The zero-order valence-electron chi connectivity index (χ0n) is 16.3. The fourth-order valence-electron chi connectivity index (χ4n) is 3.85. The van der Waals surface area contributed by atoms with E-state index in [1.54, 1.807) is 7.11 Å². The summed E-state index contributed by atoms with van der Waals surface area (Å²) >= 11 is 0. The van der Waals surface area contributed by atoms with Crippen LogP contribution in [0.3, 0.4) is 0 Å². The lowest BCUT2D eigenvalue weighted by molar-refractivity contribution is 0.0932. The molecule has 2 aromatic carbocycles. The number of fused-ring (bicyclic) bond motifs is 1. The summed E-state index contributed by atoms with van der Waals surface area (Å²) in [5.74, 6) is 0.835. The third-order valence-electron chi connectivity index (χ3n) is 5.39. The highest BCUT2D eigenvalue weighted by molar-refractivity contribution is 5.94. The van der Waals surface area contributed by atoms with E-state index >= 15 is 0 Å². The number of para-hydroxylation sites is 1. The van der Waals surface area contributed by atoms with E-state index in [2.05, 4.69) is 16.5 Å². The van der Waals surface area contributed by atoms with Crippen molar-refractivity contribution in [2.24, 2.45) is 0 Å². The van der Waals surface area contributed by atoms with E-state index < -0.39 is 0 Å². The lowest BCUT2D eigenvalue weighted by Gasteiger charge is -2.24. The van der Waals surface area contributed by atoms with Crippen molar-refractivity contribution in [3.8, 4) is 5.75 Å². The first-order valence-corrected chi connectivity index (χ1v) is 9.69. The van der Waals surface area contributed by atoms with Crippen LogP contribution in [0, 0.1) is 6.92 Å². The molecule has 5 heteroatoms. The van der Waals surface area contributed by atoms with Crippen molar-refractivity contribution in [3.05, 3.63) is 82.7 Å². The van der Waals surface area contributed by atoms with Crippen molar-refractivity contribution < 1.29 is 9.53 Å². The van der Waals surface area contributed by atoms with Gasteiger partial charge in [-0.2, -0.15) is 5.10 Å². The first-order valence-electron chi connectivity index (χ1n) is 9.69. The normalized spacial score (nSPS) is 15.7. The fourth-order valence-corrected chi connectivity index (χ4v) is 3.85. The maximum atomic E-state index is 12.7. The van der Waals surface area contributed by atoms with Crippen LogP contribution in [0.25, 0.3) is 0 Å². The van der Waals surface area contributed by atoms with Gasteiger partial charge < -0.3 is 10.1 Å². The van der Waals surface area contributed by atoms with Crippen LogP contribution >= 0.6 is 0 Å². The Bertz CT molecular complexity index is 976.